The van der Waals surface area contributed by atoms with Gasteiger partial charge in [-0.15, -0.1) is 0 Å². The van der Waals surface area contributed by atoms with Crippen molar-refractivity contribution in [3.63, 3.8) is 0 Å². The molecule has 28 heavy (non-hydrogen) atoms. The lowest BCUT2D eigenvalue weighted by Crippen LogP contribution is -2.19. The minimum absolute atomic E-state index is 0.214. The number of hydrogen-bond acceptors (Lipinski definition) is 3. The van der Waals surface area contributed by atoms with Gasteiger partial charge in [0.2, 0.25) is 0 Å². The Morgan fingerprint density at radius 2 is 1.64 bits per heavy atom. The van der Waals surface area contributed by atoms with E-state index in [0.29, 0.717) is 12.2 Å². The molecule has 4 nitrogen and oxygen atoms in total. The van der Waals surface area contributed by atoms with Gasteiger partial charge in [0.05, 0.1) is 12.8 Å². The minimum Gasteiger partial charge on any atom is -0.493 e. The first-order valence-corrected chi connectivity index (χ1v) is 9.45. The Morgan fingerprint density at radius 3 is 2.46 bits per heavy atom. The van der Waals surface area contributed by atoms with Crippen molar-refractivity contribution in [2.24, 2.45) is 5.10 Å². The zero-order chi connectivity index (χ0) is 19.6. The van der Waals surface area contributed by atoms with Crippen LogP contribution in [0.15, 0.2) is 84.0 Å². The Hall–Kier alpha value is -3.40. The maximum Gasteiger partial charge on any atom is 0.271 e. The van der Waals surface area contributed by atoms with Gasteiger partial charge in [-0.1, -0.05) is 60.7 Å². The molecule has 0 bridgehead atoms. The summed E-state index contributed by atoms with van der Waals surface area (Å²) in [4.78, 5) is 12.6. The number of carbonyl (C=O) groups is 1. The van der Waals surface area contributed by atoms with Crippen molar-refractivity contribution in [2.75, 3.05) is 6.61 Å². The molecule has 0 unspecified atom stereocenters. The lowest BCUT2D eigenvalue weighted by Gasteiger charge is -2.09. The molecule has 0 aliphatic rings. The molecule has 142 valence electrons. The topological polar surface area (TPSA) is 50.7 Å². The molecule has 0 aliphatic heterocycles. The molecule has 0 fully saturated rings. The van der Waals surface area contributed by atoms with Gasteiger partial charge in [0, 0.05) is 11.1 Å². The summed E-state index contributed by atoms with van der Waals surface area (Å²) in [5.74, 6) is 0.528. The molecule has 3 aromatic carbocycles. The highest BCUT2D eigenvalue weighted by molar-refractivity contribution is 5.96. The third-order valence-corrected chi connectivity index (χ3v) is 4.38. The van der Waals surface area contributed by atoms with Gasteiger partial charge in [-0.2, -0.15) is 5.10 Å². The highest BCUT2D eigenvalue weighted by Crippen LogP contribution is 2.16. The Kier molecular flexibility index (Phi) is 6.96. The number of aryl methyl sites for hydroxylation is 2. The van der Waals surface area contributed by atoms with E-state index in [2.05, 4.69) is 22.7 Å². The van der Waals surface area contributed by atoms with Crippen LogP contribution in [-0.2, 0) is 12.8 Å². The van der Waals surface area contributed by atoms with Gasteiger partial charge in [0.15, 0.2) is 0 Å². The molecular formula is C24H24N2O2. The first-order chi connectivity index (χ1) is 13.8. The largest absolute Gasteiger partial charge is 0.493 e. The summed E-state index contributed by atoms with van der Waals surface area (Å²) in [6.45, 7) is 2.51. The van der Waals surface area contributed by atoms with Crippen LogP contribution in [0.1, 0.15) is 34.0 Å². The monoisotopic (exact) mass is 372 g/mol. The zero-order valence-corrected chi connectivity index (χ0v) is 16.0. The average Bonchev–Trinajstić information content (AvgIpc) is 2.74. The van der Waals surface area contributed by atoms with E-state index >= 15 is 0 Å². The van der Waals surface area contributed by atoms with E-state index in [0.717, 1.165) is 29.7 Å². The van der Waals surface area contributed by atoms with Crippen LogP contribution >= 0.6 is 0 Å². The molecule has 0 saturated heterocycles. The molecule has 0 atom stereocenters. The highest BCUT2D eigenvalue weighted by Gasteiger charge is 2.10. The molecular weight excluding hydrogens is 348 g/mol. The number of nitrogens with zero attached hydrogens (tertiary/aromatic N) is 1. The number of para-hydroxylation sites is 1. The molecule has 3 rings (SSSR count). The van der Waals surface area contributed by atoms with E-state index < -0.39 is 0 Å². The molecule has 0 saturated carbocycles. The van der Waals surface area contributed by atoms with Crippen molar-refractivity contribution >= 4 is 12.1 Å². The predicted octanol–water partition coefficient (Wildman–Crippen LogP) is 4.63. The zero-order valence-electron chi connectivity index (χ0n) is 16.0. The van der Waals surface area contributed by atoms with Crippen molar-refractivity contribution in [2.45, 2.75) is 19.8 Å². The number of benzene rings is 3. The first-order valence-electron chi connectivity index (χ1n) is 9.45. The van der Waals surface area contributed by atoms with E-state index in [9.17, 15) is 4.79 Å². The maximum atomic E-state index is 12.6. The van der Waals surface area contributed by atoms with Crippen LogP contribution in [0.5, 0.6) is 5.75 Å². The fourth-order valence-electron chi connectivity index (χ4n) is 2.98. The SMILES string of the molecule is CCOc1ccccc1/C=N/NC(=O)c1ccccc1CCc1ccccc1. The molecule has 1 N–H and O–H groups in total. The Bertz CT molecular complexity index is 936. The fraction of sp³-hybridized carbons (Fsp3) is 0.167. The van der Waals surface area contributed by atoms with Gasteiger partial charge in [0.25, 0.3) is 5.91 Å². The van der Waals surface area contributed by atoms with Crippen molar-refractivity contribution < 1.29 is 9.53 Å². The van der Waals surface area contributed by atoms with E-state index in [1.165, 1.54) is 5.56 Å². The van der Waals surface area contributed by atoms with Gasteiger partial charge in [0.1, 0.15) is 5.75 Å². The summed E-state index contributed by atoms with van der Waals surface area (Å²) in [5.41, 5.74) is 6.36. The molecule has 0 aromatic heterocycles. The number of hydrogen-bond donors (Lipinski definition) is 1. The van der Waals surface area contributed by atoms with Crippen molar-refractivity contribution in [1.82, 2.24) is 5.43 Å². The van der Waals surface area contributed by atoms with Crippen LogP contribution in [0.25, 0.3) is 0 Å². The second-order valence-electron chi connectivity index (χ2n) is 6.31. The van der Waals surface area contributed by atoms with Crippen LogP contribution in [0.3, 0.4) is 0 Å². The normalized spacial score (nSPS) is 10.8. The lowest BCUT2D eigenvalue weighted by molar-refractivity contribution is 0.0954. The van der Waals surface area contributed by atoms with Crippen molar-refractivity contribution in [1.29, 1.82) is 0 Å². The highest BCUT2D eigenvalue weighted by atomic mass is 16.5. The van der Waals surface area contributed by atoms with E-state index in [1.54, 1.807) is 6.21 Å². The van der Waals surface area contributed by atoms with E-state index in [4.69, 9.17) is 4.74 Å². The van der Waals surface area contributed by atoms with E-state index in [-0.39, 0.29) is 5.91 Å². The Balaban J connectivity index is 1.66. The quantitative estimate of drug-likeness (QED) is 0.463. The van der Waals surface area contributed by atoms with Gasteiger partial charge >= 0.3 is 0 Å². The summed E-state index contributed by atoms with van der Waals surface area (Å²) in [6.07, 6.45) is 3.29. The van der Waals surface area contributed by atoms with Gasteiger partial charge in [-0.05, 0) is 49.1 Å². The predicted molar refractivity (Wildman–Crippen MR) is 113 cm³/mol. The third-order valence-electron chi connectivity index (χ3n) is 4.38. The Morgan fingerprint density at radius 1 is 0.929 bits per heavy atom. The second-order valence-corrected chi connectivity index (χ2v) is 6.31. The van der Waals surface area contributed by atoms with Gasteiger partial charge in [-0.3, -0.25) is 4.79 Å². The number of amides is 1. The minimum atomic E-state index is -0.214. The average molecular weight is 372 g/mol. The summed E-state index contributed by atoms with van der Waals surface area (Å²) >= 11 is 0. The fourth-order valence-corrected chi connectivity index (χ4v) is 2.98. The molecule has 0 aliphatic carbocycles. The summed E-state index contributed by atoms with van der Waals surface area (Å²) < 4.78 is 5.57. The molecule has 4 heteroatoms. The Labute approximate surface area is 165 Å². The molecule has 0 heterocycles. The second kappa shape index (κ2) is 10.1. The molecule has 0 spiro atoms. The van der Waals surface area contributed by atoms with Crippen molar-refractivity contribution in [3.8, 4) is 5.75 Å². The lowest BCUT2D eigenvalue weighted by atomic mass is 9.99. The van der Waals surface area contributed by atoms with Gasteiger partial charge in [-0.25, -0.2) is 5.43 Å². The van der Waals surface area contributed by atoms with Crippen LogP contribution in [0.4, 0.5) is 0 Å². The van der Waals surface area contributed by atoms with Crippen LogP contribution in [0.2, 0.25) is 0 Å². The summed E-state index contributed by atoms with van der Waals surface area (Å²) in [7, 11) is 0. The molecule has 3 aromatic rings. The summed E-state index contributed by atoms with van der Waals surface area (Å²) in [6, 6.07) is 25.5. The first kappa shape index (κ1) is 19.4. The van der Waals surface area contributed by atoms with Crippen LogP contribution < -0.4 is 10.2 Å². The van der Waals surface area contributed by atoms with Crippen molar-refractivity contribution in [3.05, 3.63) is 101 Å². The number of hydrazone groups is 1. The maximum absolute atomic E-state index is 12.6. The number of nitrogens with one attached hydrogen (secondary N) is 1. The van der Waals surface area contributed by atoms with E-state index in [1.807, 2.05) is 73.7 Å². The smallest absolute Gasteiger partial charge is 0.271 e. The molecule has 0 radical (unpaired) electrons. The summed E-state index contributed by atoms with van der Waals surface area (Å²) in [5, 5.41) is 4.12. The van der Waals surface area contributed by atoms with Crippen LogP contribution in [0, 0.1) is 0 Å². The standard InChI is InChI=1S/C24H24N2O2/c1-2-28-23-15-9-7-13-21(23)18-25-26-24(27)22-14-8-6-12-20(22)17-16-19-10-4-3-5-11-19/h3-15,18H,2,16-17H2,1H3,(H,26,27)/b25-18+. The number of carbonyl (C=O) groups excluding carboxylic acids is 1. The number of ether oxygens (including phenoxy) is 1. The molecule has 1 amide bonds. The number of rotatable bonds is 8. The third kappa shape index (κ3) is 5.30. The van der Waals surface area contributed by atoms with Crippen LogP contribution in [-0.4, -0.2) is 18.7 Å². The van der Waals surface area contributed by atoms with Gasteiger partial charge < -0.3 is 4.74 Å².